The smallest absolute Gasteiger partial charge is 0.260 e. The second-order valence-corrected chi connectivity index (χ2v) is 5.41. The van der Waals surface area contributed by atoms with Crippen molar-refractivity contribution < 1.29 is 13.9 Å². The van der Waals surface area contributed by atoms with E-state index in [0.717, 1.165) is 18.5 Å². The summed E-state index contributed by atoms with van der Waals surface area (Å²) in [6.45, 7) is 1.21. The highest BCUT2D eigenvalue weighted by atomic mass is 19.1. The number of carbonyl (C=O) groups excluding carboxylic acids is 1. The molecule has 5 nitrogen and oxygen atoms in total. The van der Waals surface area contributed by atoms with Gasteiger partial charge in [0.15, 0.2) is 18.2 Å². The normalized spacial score (nSPS) is 18.2. The maximum Gasteiger partial charge on any atom is 0.260 e. The highest BCUT2D eigenvalue weighted by Gasteiger charge is 2.25. The Morgan fingerprint density at radius 1 is 1.41 bits per heavy atom. The number of benzene rings is 1. The van der Waals surface area contributed by atoms with Crippen molar-refractivity contribution in [1.82, 2.24) is 15.1 Å². The molecule has 116 valence electrons. The van der Waals surface area contributed by atoms with Crippen molar-refractivity contribution in [2.24, 2.45) is 0 Å². The maximum atomic E-state index is 13.5. The van der Waals surface area contributed by atoms with Crippen LogP contribution >= 0.6 is 0 Å². The molecular formula is C16H18FN3O2. The molecule has 0 radical (unpaired) electrons. The lowest BCUT2D eigenvalue weighted by atomic mass is 9.95. The summed E-state index contributed by atoms with van der Waals surface area (Å²) in [6, 6.07) is 8.04. The van der Waals surface area contributed by atoms with Crippen LogP contribution in [0.1, 0.15) is 24.5 Å². The van der Waals surface area contributed by atoms with Crippen LogP contribution in [0, 0.1) is 5.82 Å². The zero-order chi connectivity index (χ0) is 15.4. The number of hydrogen-bond donors (Lipinski definition) is 1. The van der Waals surface area contributed by atoms with Gasteiger partial charge in [0.1, 0.15) is 0 Å². The molecule has 1 aliphatic rings. The summed E-state index contributed by atoms with van der Waals surface area (Å²) in [7, 11) is 0. The lowest BCUT2D eigenvalue weighted by molar-refractivity contribution is -0.134. The molecule has 0 bridgehead atoms. The third-order valence-corrected chi connectivity index (χ3v) is 3.92. The van der Waals surface area contributed by atoms with Crippen LogP contribution in [0.2, 0.25) is 0 Å². The van der Waals surface area contributed by atoms with Crippen molar-refractivity contribution in [3.05, 3.63) is 48.0 Å². The number of likely N-dealkylation sites (tertiary alicyclic amines) is 1. The first-order chi connectivity index (χ1) is 10.7. The lowest BCUT2D eigenvalue weighted by Crippen LogP contribution is -2.41. The first-order valence-corrected chi connectivity index (χ1v) is 7.38. The zero-order valence-corrected chi connectivity index (χ0v) is 12.2. The molecule has 1 amide bonds. The van der Waals surface area contributed by atoms with Crippen LogP contribution < -0.4 is 4.74 Å². The zero-order valence-electron chi connectivity index (χ0n) is 12.2. The number of para-hydroxylation sites is 1. The van der Waals surface area contributed by atoms with Crippen molar-refractivity contribution in [1.29, 1.82) is 0 Å². The van der Waals surface area contributed by atoms with Crippen molar-refractivity contribution in [3.63, 3.8) is 0 Å². The number of piperidine rings is 1. The van der Waals surface area contributed by atoms with Gasteiger partial charge in [0, 0.05) is 30.9 Å². The minimum absolute atomic E-state index is 0.109. The first-order valence-electron chi connectivity index (χ1n) is 7.38. The number of ether oxygens (including phenoxy) is 1. The van der Waals surface area contributed by atoms with Crippen LogP contribution in [0.5, 0.6) is 5.75 Å². The van der Waals surface area contributed by atoms with Crippen molar-refractivity contribution in [2.75, 3.05) is 19.7 Å². The molecule has 3 rings (SSSR count). The number of halogens is 1. The van der Waals surface area contributed by atoms with Gasteiger partial charge in [-0.15, -0.1) is 0 Å². The number of aromatic nitrogens is 2. The number of amides is 1. The molecular weight excluding hydrogens is 285 g/mol. The minimum atomic E-state index is -0.454. The third kappa shape index (κ3) is 3.27. The molecule has 1 fully saturated rings. The summed E-state index contributed by atoms with van der Waals surface area (Å²) in [5.74, 6) is -0.191. The van der Waals surface area contributed by atoms with E-state index in [1.165, 1.54) is 12.1 Å². The monoisotopic (exact) mass is 303 g/mol. The second-order valence-electron chi connectivity index (χ2n) is 5.41. The fraction of sp³-hybridized carbons (Fsp3) is 0.375. The van der Waals surface area contributed by atoms with E-state index < -0.39 is 5.82 Å². The molecule has 1 aromatic carbocycles. The summed E-state index contributed by atoms with van der Waals surface area (Å²) in [5, 5.41) is 6.92. The SMILES string of the molecule is O=C(COc1ccccc1F)N1CCCC(c2ccn[nH]2)C1. The van der Waals surface area contributed by atoms with Gasteiger partial charge in [0.25, 0.3) is 5.91 Å². The molecule has 0 saturated carbocycles. The van der Waals surface area contributed by atoms with E-state index in [1.54, 1.807) is 23.2 Å². The number of hydrogen-bond acceptors (Lipinski definition) is 3. The van der Waals surface area contributed by atoms with Gasteiger partial charge in [-0.3, -0.25) is 9.89 Å². The maximum absolute atomic E-state index is 13.5. The Labute approximate surface area is 128 Å². The Morgan fingerprint density at radius 3 is 3.05 bits per heavy atom. The first kappa shape index (κ1) is 14.6. The van der Waals surface area contributed by atoms with E-state index in [0.29, 0.717) is 13.1 Å². The topological polar surface area (TPSA) is 58.2 Å². The molecule has 1 aliphatic heterocycles. The summed E-state index contributed by atoms with van der Waals surface area (Å²) < 4.78 is 18.8. The van der Waals surface area contributed by atoms with Crippen LogP contribution in [0.25, 0.3) is 0 Å². The van der Waals surface area contributed by atoms with Crippen LogP contribution in [0.3, 0.4) is 0 Å². The van der Waals surface area contributed by atoms with Gasteiger partial charge in [-0.25, -0.2) is 4.39 Å². The average molecular weight is 303 g/mol. The fourth-order valence-corrected chi connectivity index (χ4v) is 2.74. The molecule has 1 aromatic heterocycles. The molecule has 22 heavy (non-hydrogen) atoms. The number of carbonyl (C=O) groups is 1. The van der Waals surface area contributed by atoms with Gasteiger partial charge < -0.3 is 9.64 Å². The number of H-pyrrole nitrogens is 1. The van der Waals surface area contributed by atoms with Crippen LogP contribution in [0.4, 0.5) is 4.39 Å². The van der Waals surface area contributed by atoms with Crippen LogP contribution in [0.15, 0.2) is 36.5 Å². The molecule has 1 saturated heterocycles. The van der Waals surface area contributed by atoms with Crippen LogP contribution in [-0.2, 0) is 4.79 Å². The largest absolute Gasteiger partial charge is 0.481 e. The van der Waals surface area contributed by atoms with Gasteiger partial charge in [-0.2, -0.15) is 5.10 Å². The number of nitrogens with zero attached hydrogens (tertiary/aromatic N) is 2. The highest BCUT2D eigenvalue weighted by molar-refractivity contribution is 5.78. The Morgan fingerprint density at radius 2 is 2.27 bits per heavy atom. The predicted molar refractivity (Wildman–Crippen MR) is 79.0 cm³/mol. The lowest BCUT2D eigenvalue weighted by Gasteiger charge is -2.32. The highest BCUT2D eigenvalue weighted by Crippen LogP contribution is 2.25. The average Bonchev–Trinajstić information content (AvgIpc) is 3.08. The Balaban J connectivity index is 1.57. The number of aromatic amines is 1. The van der Waals surface area contributed by atoms with Crippen molar-refractivity contribution in [2.45, 2.75) is 18.8 Å². The van der Waals surface area contributed by atoms with E-state index in [1.807, 2.05) is 6.07 Å². The predicted octanol–water partition coefficient (Wildman–Crippen LogP) is 2.33. The van der Waals surface area contributed by atoms with Gasteiger partial charge in [0.05, 0.1) is 0 Å². The molecule has 1 unspecified atom stereocenters. The minimum Gasteiger partial charge on any atom is -0.481 e. The molecule has 1 N–H and O–H groups in total. The third-order valence-electron chi connectivity index (χ3n) is 3.92. The van der Waals surface area contributed by atoms with E-state index in [2.05, 4.69) is 10.2 Å². The Bertz CT molecular complexity index is 630. The molecule has 2 aromatic rings. The van der Waals surface area contributed by atoms with Crippen molar-refractivity contribution >= 4 is 5.91 Å². The molecule has 2 heterocycles. The quantitative estimate of drug-likeness (QED) is 0.943. The number of nitrogens with one attached hydrogen (secondary N) is 1. The molecule has 0 aliphatic carbocycles. The fourth-order valence-electron chi connectivity index (χ4n) is 2.74. The van der Waals surface area contributed by atoms with Crippen molar-refractivity contribution in [3.8, 4) is 5.75 Å². The second kappa shape index (κ2) is 6.60. The molecule has 1 atom stereocenters. The standard InChI is InChI=1S/C16H18FN3O2/c17-13-5-1-2-6-15(13)22-11-16(21)20-9-3-4-12(10-20)14-7-8-18-19-14/h1-2,5-8,12H,3-4,9-11H2,(H,18,19). The Kier molecular flexibility index (Phi) is 4.37. The number of rotatable bonds is 4. The van der Waals surface area contributed by atoms with Gasteiger partial charge in [-0.05, 0) is 31.0 Å². The van der Waals surface area contributed by atoms with Gasteiger partial charge in [0.2, 0.25) is 0 Å². The summed E-state index contributed by atoms with van der Waals surface area (Å²) in [5.41, 5.74) is 1.05. The molecule has 6 heteroatoms. The van der Waals surface area contributed by atoms with E-state index >= 15 is 0 Å². The summed E-state index contributed by atoms with van der Waals surface area (Å²) in [4.78, 5) is 14.0. The summed E-state index contributed by atoms with van der Waals surface area (Å²) in [6.07, 6.45) is 3.69. The van der Waals surface area contributed by atoms with Gasteiger partial charge in [-0.1, -0.05) is 12.1 Å². The van der Waals surface area contributed by atoms with E-state index in [9.17, 15) is 9.18 Å². The van der Waals surface area contributed by atoms with Crippen LogP contribution in [-0.4, -0.2) is 40.7 Å². The van der Waals surface area contributed by atoms with Gasteiger partial charge >= 0.3 is 0 Å². The molecule has 0 spiro atoms. The van der Waals surface area contributed by atoms with E-state index in [-0.39, 0.29) is 24.2 Å². The Hall–Kier alpha value is -2.37. The van der Waals surface area contributed by atoms with E-state index in [4.69, 9.17) is 4.74 Å². The summed E-state index contributed by atoms with van der Waals surface area (Å²) >= 11 is 0.